The van der Waals surface area contributed by atoms with Crippen molar-refractivity contribution in [2.75, 3.05) is 0 Å². The average molecular weight is 767 g/mol. The maximum atomic E-state index is 2.58. The molecule has 0 heterocycles. The summed E-state index contributed by atoms with van der Waals surface area (Å²) in [7, 11) is 0. The van der Waals surface area contributed by atoms with Gasteiger partial charge in [-0.1, -0.05) is 219 Å². The van der Waals surface area contributed by atoms with Gasteiger partial charge in [0.25, 0.3) is 0 Å². The molecule has 286 valence electrons. The van der Waals surface area contributed by atoms with Crippen LogP contribution in [0.3, 0.4) is 0 Å². The van der Waals surface area contributed by atoms with Gasteiger partial charge in [-0.05, 0) is 131 Å². The summed E-state index contributed by atoms with van der Waals surface area (Å²) in [6.07, 6.45) is 15.9. The minimum absolute atomic E-state index is 0.172. The van der Waals surface area contributed by atoms with E-state index in [2.05, 4.69) is 231 Å². The van der Waals surface area contributed by atoms with Gasteiger partial charge in [-0.2, -0.15) is 0 Å². The second-order valence-electron chi connectivity index (χ2n) is 16.8. The molecule has 0 aliphatic heterocycles. The topological polar surface area (TPSA) is 0 Å². The molecule has 0 aromatic heterocycles. The predicted octanol–water partition coefficient (Wildman–Crippen LogP) is 15.7. The zero-order chi connectivity index (χ0) is 40.0. The lowest BCUT2D eigenvalue weighted by atomic mass is 9.67. The van der Waals surface area contributed by atoms with Crippen molar-refractivity contribution in [1.29, 1.82) is 0 Å². The summed E-state index contributed by atoms with van der Waals surface area (Å²) in [6, 6.07) is 69.5. The number of fused-ring (bicyclic) bond motifs is 4. The van der Waals surface area contributed by atoms with Gasteiger partial charge in [0.1, 0.15) is 0 Å². The Balaban J connectivity index is 0.983. The van der Waals surface area contributed by atoms with Crippen LogP contribution in [0, 0.1) is 17.8 Å². The third-order valence-electron chi connectivity index (χ3n) is 13.3. The molecule has 4 atom stereocenters. The highest BCUT2D eigenvalue weighted by Gasteiger charge is 2.34. The van der Waals surface area contributed by atoms with Gasteiger partial charge >= 0.3 is 0 Å². The van der Waals surface area contributed by atoms with Crippen LogP contribution in [0.5, 0.6) is 0 Å². The van der Waals surface area contributed by atoms with Gasteiger partial charge in [-0.25, -0.2) is 0 Å². The normalized spacial score (nSPS) is 19.1. The molecule has 0 saturated heterocycles. The molecule has 11 rings (SSSR count). The van der Waals surface area contributed by atoms with E-state index in [9.17, 15) is 0 Å². The zero-order valence-corrected chi connectivity index (χ0v) is 33.9. The fourth-order valence-corrected chi connectivity index (χ4v) is 10.2. The van der Waals surface area contributed by atoms with E-state index in [1.54, 1.807) is 0 Å². The van der Waals surface area contributed by atoms with Gasteiger partial charge in [0.05, 0.1) is 0 Å². The van der Waals surface area contributed by atoms with Gasteiger partial charge in [0.15, 0.2) is 0 Å². The summed E-state index contributed by atoms with van der Waals surface area (Å²) in [5, 5.41) is 2.63. The minimum atomic E-state index is 0.172. The molecular weight excluding hydrogens is 721 g/mol. The van der Waals surface area contributed by atoms with Gasteiger partial charge in [0.2, 0.25) is 0 Å². The second kappa shape index (κ2) is 15.3. The van der Waals surface area contributed by atoms with Crippen LogP contribution in [0.4, 0.5) is 0 Å². The van der Waals surface area contributed by atoms with Gasteiger partial charge in [-0.15, -0.1) is 0 Å². The van der Waals surface area contributed by atoms with Crippen LogP contribution in [-0.2, 0) is 6.42 Å². The first-order valence-electron chi connectivity index (χ1n) is 21.5. The Morgan fingerprint density at radius 3 is 1.80 bits per heavy atom. The molecule has 3 aliphatic carbocycles. The highest BCUT2D eigenvalue weighted by atomic mass is 14.4. The minimum Gasteiger partial charge on any atom is -0.0805 e. The van der Waals surface area contributed by atoms with Gasteiger partial charge in [-0.3, -0.25) is 0 Å². The Labute approximate surface area is 354 Å². The van der Waals surface area contributed by atoms with E-state index in [0.717, 1.165) is 6.42 Å². The molecule has 0 heteroatoms. The Hall–Kier alpha value is -7.02. The smallest absolute Gasteiger partial charge is 0.0102 e. The van der Waals surface area contributed by atoms with Gasteiger partial charge in [0, 0.05) is 5.92 Å². The van der Waals surface area contributed by atoms with E-state index in [1.165, 1.54) is 94.2 Å². The summed E-state index contributed by atoms with van der Waals surface area (Å²) in [6.45, 7) is 2.40. The third-order valence-corrected chi connectivity index (χ3v) is 13.3. The Morgan fingerprint density at radius 1 is 0.367 bits per heavy atom. The maximum Gasteiger partial charge on any atom is 0.0102 e. The SMILES string of the molecule is CC1C=CC(c2cccc(-c3ccc4c(c3)-c3ccccc3C4)c2)=CC1C1C=CC(c2ccc(-c3ccccc3)cc2)=CC1c1ccc(-c2ccccc2)c2ccccc12. The van der Waals surface area contributed by atoms with Crippen molar-refractivity contribution in [1.82, 2.24) is 0 Å². The predicted molar refractivity (Wildman–Crippen MR) is 255 cm³/mol. The van der Waals surface area contributed by atoms with E-state index < -0.39 is 0 Å². The van der Waals surface area contributed by atoms with Crippen LogP contribution in [0.25, 0.3) is 66.4 Å². The van der Waals surface area contributed by atoms with Crippen LogP contribution in [-0.4, -0.2) is 0 Å². The molecule has 8 aromatic carbocycles. The fourth-order valence-electron chi connectivity index (χ4n) is 10.2. The van der Waals surface area contributed by atoms with Crippen LogP contribution < -0.4 is 0 Å². The van der Waals surface area contributed by atoms with Crippen LogP contribution in [0.2, 0.25) is 0 Å². The molecule has 4 unspecified atom stereocenters. The van der Waals surface area contributed by atoms with E-state index in [4.69, 9.17) is 0 Å². The van der Waals surface area contributed by atoms with Crippen molar-refractivity contribution in [3.63, 3.8) is 0 Å². The first kappa shape index (κ1) is 36.1. The van der Waals surface area contributed by atoms with Crippen molar-refractivity contribution >= 4 is 21.9 Å². The third kappa shape index (κ3) is 6.59. The quantitative estimate of drug-likeness (QED) is 0.152. The van der Waals surface area contributed by atoms with E-state index in [1.807, 2.05) is 0 Å². The summed E-state index contributed by atoms with van der Waals surface area (Å²) in [5.41, 5.74) is 19.6. The summed E-state index contributed by atoms with van der Waals surface area (Å²) < 4.78 is 0. The first-order chi connectivity index (χ1) is 29.6. The number of allylic oxidation sites excluding steroid dienone is 8. The first-order valence-corrected chi connectivity index (χ1v) is 21.5. The lowest BCUT2D eigenvalue weighted by Crippen LogP contribution is -2.26. The Bertz CT molecular complexity index is 3010. The molecule has 0 spiro atoms. The molecule has 0 N–H and O–H groups in total. The average Bonchev–Trinajstić information content (AvgIpc) is 3.70. The van der Waals surface area contributed by atoms with Crippen molar-refractivity contribution in [2.24, 2.45) is 17.8 Å². The van der Waals surface area contributed by atoms with E-state index >= 15 is 0 Å². The van der Waals surface area contributed by atoms with Crippen molar-refractivity contribution in [2.45, 2.75) is 19.3 Å². The molecular formula is C60H46. The molecule has 0 nitrogen and oxygen atoms in total. The molecule has 8 aromatic rings. The van der Waals surface area contributed by atoms with Crippen molar-refractivity contribution in [3.8, 4) is 44.5 Å². The van der Waals surface area contributed by atoms with Crippen molar-refractivity contribution in [3.05, 3.63) is 252 Å². The van der Waals surface area contributed by atoms with E-state index in [0.29, 0.717) is 11.8 Å². The summed E-state index contributed by atoms with van der Waals surface area (Å²) >= 11 is 0. The van der Waals surface area contributed by atoms with Crippen molar-refractivity contribution < 1.29 is 0 Å². The number of rotatable bonds is 7. The standard InChI is InChI=1S/C60H46/c1-40-23-24-48(45-18-12-19-46(35-45)49-29-30-51-36-50-17-8-9-20-52(50)59(51)38-49)37-58(40)57-32-31-47(43-27-25-42(26-28-43)41-13-4-2-5-14-41)39-60(57)56-34-33-53(44-15-6-3-7-16-44)54-21-10-11-22-55(54)56/h2-35,37-40,57-58,60H,36H2,1H3. The molecule has 0 radical (unpaired) electrons. The molecule has 3 aliphatic rings. The lowest BCUT2D eigenvalue weighted by molar-refractivity contribution is 0.365. The number of hydrogen-bond acceptors (Lipinski definition) is 0. The zero-order valence-electron chi connectivity index (χ0n) is 33.9. The largest absolute Gasteiger partial charge is 0.0805 e. The molecule has 0 saturated carbocycles. The van der Waals surface area contributed by atoms with E-state index in [-0.39, 0.29) is 11.8 Å². The highest BCUT2D eigenvalue weighted by Crippen LogP contribution is 2.48. The molecule has 60 heavy (non-hydrogen) atoms. The number of benzene rings is 8. The highest BCUT2D eigenvalue weighted by molar-refractivity contribution is 5.99. The lowest BCUT2D eigenvalue weighted by Gasteiger charge is -2.37. The number of hydrogen-bond donors (Lipinski definition) is 0. The van der Waals surface area contributed by atoms with Crippen LogP contribution in [0.15, 0.2) is 225 Å². The summed E-state index contributed by atoms with van der Waals surface area (Å²) in [5.74, 6) is 1.11. The maximum absolute atomic E-state index is 2.58. The fraction of sp³-hybridized carbons (Fsp3) is 0.100. The Morgan fingerprint density at radius 2 is 0.967 bits per heavy atom. The van der Waals surface area contributed by atoms with Gasteiger partial charge < -0.3 is 0 Å². The van der Waals surface area contributed by atoms with Crippen LogP contribution >= 0.6 is 0 Å². The summed E-state index contributed by atoms with van der Waals surface area (Å²) in [4.78, 5) is 0. The molecule has 0 fully saturated rings. The Kier molecular flexibility index (Phi) is 9.20. The second-order valence-corrected chi connectivity index (χ2v) is 16.8. The van der Waals surface area contributed by atoms with Crippen LogP contribution in [0.1, 0.15) is 40.7 Å². The molecule has 0 bridgehead atoms. The monoisotopic (exact) mass is 766 g/mol. The molecule has 0 amide bonds.